The summed E-state index contributed by atoms with van der Waals surface area (Å²) < 4.78 is 0. The zero-order valence-electron chi connectivity index (χ0n) is 10.2. The molecule has 0 aromatic heterocycles. The third kappa shape index (κ3) is 2.59. The molecule has 0 unspecified atom stereocenters. The van der Waals surface area contributed by atoms with Crippen molar-refractivity contribution in [1.82, 2.24) is 0 Å². The number of hydrogen-bond donors (Lipinski definition) is 0. The smallest absolute Gasteiger partial charge is 0.000742 e. The predicted molar refractivity (Wildman–Crippen MR) is 68.5 cm³/mol. The summed E-state index contributed by atoms with van der Waals surface area (Å²) in [5.41, 5.74) is 0.521. The maximum atomic E-state index is 2.56. The van der Waals surface area contributed by atoms with Crippen molar-refractivity contribution < 1.29 is 0 Å². The molecule has 0 radical (unpaired) electrons. The second-order valence-corrected chi connectivity index (χ2v) is 12.7. The molecule has 0 amide bonds. The van der Waals surface area contributed by atoms with Crippen LogP contribution in [0.15, 0.2) is 0 Å². The van der Waals surface area contributed by atoms with Crippen LogP contribution in [0.4, 0.5) is 0 Å². The Morgan fingerprint density at radius 1 is 1.23 bits per heavy atom. The highest BCUT2D eigenvalue weighted by Gasteiger charge is 2.39. The van der Waals surface area contributed by atoms with Gasteiger partial charge in [-0.15, -0.1) is 0 Å². The largest absolute Gasteiger partial charge is 0.246 e. The van der Waals surface area contributed by atoms with Gasteiger partial charge in [-0.1, -0.05) is 32.6 Å². The topological polar surface area (TPSA) is 0 Å². The fourth-order valence-electron chi connectivity index (χ4n) is 1.93. The summed E-state index contributed by atoms with van der Waals surface area (Å²) in [6, 6.07) is 0. The van der Waals surface area contributed by atoms with E-state index in [1.54, 1.807) is 0 Å². The first kappa shape index (κ1) is 11.3. The Hall–Kier alpha value is 0.220. The number of rotatable bonds is 3. The molecule has 0 aliphatic carbocycles. The Labute approximate surface area is 84.0 Å². The lowest BCUT2D eigenvalue weighted by atomic mass is 9.94. The van der Waals surface area contributed by atoms with Gasteiger partial charge in [0.25, 0.3) is 0 Å². The van der Waals surface area contributed by atoms with E-state index in [1.165, 1.54) is 24.3 Å². The van der Waals surface area contributed by atoms with Gasteiger partial charge in [0.05, 0.1) is 0 Å². The van der Waals surface area contributed by atoms with Crippen LogP contribution in [0.1, 0.15) is 40.5 Å². The number of hydrogen-bond acceptors (Lipinski definition) is 0. The van der Waals surface area contributed by atoms with Crippen LogP contribution in [-0.2, 0) is 0 Å². The van der Waals surface area contributed by atoms with E-state index in [0.717, 1.165) is 0 Å². The summed E-state index contributed by atoms with van der Waals surface area (Å²) in [6.07, 6.45) is 7.84. The maximum Gasteiger partial charge on any atom is -0.000742 e. The van der Waals surface area contributed by atoms with Gasteiger partial charge in [-0.05, 0) is 42.3 Å². The molecule has 0 nitrogen and oxygen atoms in total. The van der Waals surface area contributed by atoms with E-state index in [4.69, 9.17) is 0 Å². The van der Waals surface area contributed by atoms with Crippen molar-refractivity contribution in [1.29, 1.82) is 0 Å². The van der Waals surface area contributed by atoms with Gasteiger partial charge in [-0.25, -0.2) is 8.75 Å². The standard InChI is InChI=1S/C12H26S/c1-7-11-10-13(11,5,6)9-8-12(2,3)4/h7-10H2,1-6H3. The van der Waals surface area contributed by atoms with Gasteiger partial charge in [-0.2, -0.15) is 0 Å². The first-order chi connectivity index (χ1) is 5.66. The molecule has 1 heterocycles. The molecule has 1 heteroatoms. The summed E-state index contributed by atoms with van der Waals surface area (Å²) in [7, 11) is -0.950. The van der Waals surface area contributed by atoms with E-state index < -0.39 is 8.75 Å². The summed E-state index contributed by atoms with van der Waals surface area (Å²) in [5, 5.41) is 0. The van der Waals surface area contributed by atoms with Crippen LogP contribution in [0.3, 0.4) is 0 Å². The van der Waals surface area contributed by atoms with Crippen molar-refractivity contribution >= 4 is 13.6 Å². The highest BCUT2D eigenvalue weighted by Crippen LogP contribution is 2.66. The molecule has 0 N–H and O–H groups in total. The second kappa shape index (κ2) is 2.85. The third-order valence-corrected chi connectivity index (χ3v) is 8.27. The molecule has 1 rings (SSSR count). The van der Waals surface area contributed by atoms with Crippen LogP contribution in [0.25, 0.3) is 0 Å². The van der Waals surface area contributed by atoms with E-state index in [9.17, 15) is 0 Å². The third-order valence-electron chi connectivity index (χ3n) is 3.42. The van der Waals surface area contributed by atoms with Gasteiger partial charge in [0.1, 0.15) is 0 Å². The van der Waals surface area contributed by atoms with Crippen molar-refractivity contribution in [2.75, 3.05) is 24.0 Å². The molecule has 0 aromatic rings. The van der Waals surface area contributed by atoms with Gasteiger partial charge in [-0.3, -0.25) is 0 Å². The summed E-state index contributed by atoms with van der Waals surface area (Å²) in [5.74, 6) is 2.95. The van der Waals surface area contributed by atoms with Gasteiger partial charge < -0.3 is 0 Å². The van der Waals surface area contributed by atoms with Crippen molar-refractivity contribution in [3.8, 4) is 0 Å². The fourth-order valence-corrected chi connectivity index (χ4v) is 6.75. The monoisotopic (exact) mass is 202 g/mol. The van der Waals surface area contributed by atoms with Gasteiger partial charge in [0, 0.05) is 0 Å². The van der Waals surface area contributed by atoms with E-state index in [2.05, 4.69) is 40.2 Å². The first-order valence-electron chi connectivity index (χ1n) is 5.37. The van der Waals surface area contributed by atoms with Crippen molar-refractivity contribution in [2.24, 2.45) is 5.41 Å². The molecule has 0 fully saturated rings. The Morgan fingerprint density at radius 3 is 2.08 bits per heavy atom. The molecule has 1 aliphatic rings. The molecule has 0 aromatic carbocycles. The Kier molecular flexibility index (Phi) is 2.48. The highest BCUT2D eigenvalue weighted by molar-refractivity contribution is 8.53. The maximum absolute atomic E-state index is 2.56. The summed E-state index contributed by atoms with van der Waals surface area (Å²) >= 11 is 0. The normalized spacial score (nSPS) is 27.8. The Balaban J connectivity index is 2.62. The summed E-state index contributed by atoms with van der Waals surface area (Å²) in [6.45, 7) is 9.40. The molecule has 13 heavy (non-hydrogen) atoms. The van der Waals surface area contributed by atoms with E-state index in [0.29, 0.717) is 5.41 Å². The van der Waals surface area contributed by atoms with Crippen LogP contribution in [-0.4, -0.2) is 28.9 Å². The van der Waals surface area contributed by atoms with Crippen LogP contribution >= 0.6 is 8.75 Å². The van der Waals surface area contributed by atoms with Crippen LogP contribution in [0, 0.1) is 5.41 Å². The lowest BCUT2D eigenvalue weighted by Crippen LogP contribution is -2.11. The zero-order valence-corrected chi connectivity index (χ0v) is 11.1. The summed E-state index contributed by atoms with van der Waals surface area (Å²) in [4.78, 5) is 1.89. The molecule has 0 bridgehead atoms. The molecular formula is C12H26S. The minimum Gasteiger partial charge on any atom is -0.246 e. The van der Waals surface area contributed by atoms with Crippen LogP contribution in [0.5, 0.6) is 0 Å². The Bertz CT molecular complexity index is 270. The Morgan fingerprint density at radius 2 is 1.77 bits per heavy atom. The van der Waals surface area contributed by atoms with Gasteiger partial charge >= 0.3 is 0 Å². The van der Waals surface area contributed by atoms with Crippen molar-refractivity contribution in [3.05, 3.63) is 0 Å². The average molecular weight is 202 g/mol. The SMILES string of the molecule is CCC1=S(C)(C)(CCC(C)(C)C)C1. The van der Waals surface area contributed by atoms with Crippen molar-refractivity contribution in [2.45, 2.75) is 40.5 Å². The lowest BCUT2D eigenvalue weighted by molar-refractivity contribution is 0.401. The molecule has 0 saturated heterocycles. The average Bonchev–Trinajstić information content (AvgIpc) is 2.52. The molecular weight excluding hydrogens is 176 g/mol. The van der Waals surface area contributed by atoms with Crippen molar-refractivity contribution in [3.63, 3.8) is 0 Å². The minimum atomic E-state index is -0.950. The second-order valence-electron chi connectivity index (χ2n) is 6.52. The first-order valence-corrected chi connectivity index (χ1v) is 8.56. The molecule has 0 atom stereocenters. The quantitative estimate of drug-likeness (QED) is 0.613. The molecule has 1 aliphatic heterocycles. The van der Waals surface area contributed by atoms with Gasteiger partial charge in [0.15, 0.2) is 0 Å². The van der Waals surface area contributed by atoms with E-state index in [1.807, 2.05) is 4.86 Å². The van der Waals surface area contributed by atoms with Crippen LogP contribution in [0.2, 0.25) is 0 Å². The molecule has 80 valence electrons. The molecule has 0 saturated carbocycles. The van der Waals surface area contributed by atoms with E-state index >= 15 is 0 Å². The van der Waals surface area contributed by atoms with Gasteiger partial charge in [0.2, 0.25) is 0 Å². The zero-order chi connectivity index (χ0) is 10.4. The molecule has 0 spiro atoms. The van der Waals surface area contributed by atoms with Crippen LogP contribution < -0.4 is 0 Å². The lowest BCUT2D eigenvalue weighted by Gasteiger charge is -2.31. The van der Waals surface area contributed by atoms with E-state index in [-0.39, 0.29) is 0 Å². The predicted octanol–water partition coefficient (Wildman–Crippen LogP) is 3.62. The fraction of sp³-hybridized carbons (Fsp3) is 0.917. The minimum absolute atomic E-state index is 0.521. The highest BCUT2D eigenvalue weighted by atomic mass is 32.3.